The molecule has 0 aliphatic carbocycles. The van der Waals surface area contributed by atoms with Crippen LogP contribution in [0.4, 0.5) is 0 Å². The highest BCUT2D eigenvalue weighted by Gasteiger charge is 2.17. The molecule has 0 saturated heterocycles. The fraction of sp³-hybridized carbons (Fsp3) is 0.154. The molecule has 31 heavy (non-hydrogen) atoms. The van der Waals surface area contributed by atoms with Crippen LogP contribution in [0.5, 0.6) is 5.75 Å². The highest BCUT2D eigenvalue weighted by molar-refractivity contribution is 5.82. The number of hydrogen-bond donors (Lipinski definition) is 1. The van der Waals surface area contributed by atoms with Gasteiger partial charge in [0.05, 0.1) is 6.04 Å². The van der Waals surface area contributed by atoms with Crippen LogP contribution in [0.2, 0.25) is 0 Å². The number of aryl methyl sites for hydroxylation is 1. The molecule has 3 aromatic carbocycles. The van der Waals surface area contributed by atoms with E-state index in [9.17, 15) is 9.59 Å². The first-order valence-corrected chi connectivity index (χ1v) is 10.2. The average Bonchev–Trinajstić information content (AvgIpc) is 2.81. The third-order valence-electron chi connectivity index (χ3n) is 5.12. The van der Waals surface area contributed by atoms with Gasteiger partial charge in [-0.3, -0.25) is 4.79 Å². The van der Waals surface area contributed by atoms with E-state index in [1.165, 1.54) is 6.07 Å². The molecule has 1 amide bonds. The summed E-state index contributed by atoms with van der Waals surface area (Å²) in [6.07, 6.45) is 0.727. The summed E-state index contributed by atoms with van der Waals surface area (Å²) in [7, 11) is 0. The number of rotatable bonds is 7. The molecule has 0 unspecified atom stereocenters. The third kappa shape index (κ3) is 4.83. The number of fused-ring (bicyclic) bond motifs is 1. The summed E-state index contributed by atoms with van der Waals surface area (Å²) >= 11 is 0. The van der Waals surface area contributed by atoms with Crippen LogP contribution in [-0.4, -0.2) is 12.5 Å². The van der Waals surface area contributed by atoms with E-state index < -0.39 is 5.63 Å². The fourth-order valence-corrected chi connectivity index (χ4v) is 3.59. The largest absolute Gasteiger partial charge is 0.484 e. The van der Waals surface area contributed by atoms with Gasteiger partial charge in [0, 0.05) is 17.5 Å². The van der Waals surface area contributed by atoms with Crippen molar-refractivity contribution in [2.75, 3.05) is 6.61 Å². The van der Waals surface area contributed by atoms with E-state index in [-0.39, 0.29) is 18.6 Å². The number of hydrogen-bond acceptors (Lipinski definition) is 4. The maximum Gasteiger partial charge on any atom is 0.336 e. The van der Waals surface area contributed by atoms with Crippen molar-refractivity contribution in [1.82, 2.24) is 5.32 Å². The van der Waals surface area contributed by atoms with Crippen molar-refractivity contribution in [1.29, 1.82) is 0 Å². The lowest BCUT2D eigenvalue weighted by Gasteiger charge is -2.20. The van der Waals surface area contributed by atoms with Crippen LogP contribution in [0.3, 0.4) is 0 Å². The van der Waals surface area contributed by atoms with Gasteiger partial charge in [0.25, 0.3) is 5.91 Å². The predicted octanol–water partition coefficient (Wildman–Crippen LogP) is 4.64. The molecule has 0 aliphatic heterocycles. The molecule has 1 aromatic heterocycles. The van der Waals surface area contributed by atoms with Gasteiger partial charge in [0.2, 0.25) is 0 Å². The van der Waals surface area contributed by atoms with Gasteiger partial charge in [0.15, 0.2) is 6.61 Å². The standard InChI is InChI=1S/C26H23NO4/c1-2-18-15-25(29)31-23-16-21(13-14-22(18)23)30-17-24(28)27-26(19-9-5-3-6-10-19)20-11-7-4-8-12-20/h3-16,26H,2,17H2,1H3,(H,27,28). The van der Waals surface area contributed by atoms with E-state index in [0.717, 1.165) is 28.5 Å². The van der Waals surface area contributed by atoms with Crippen LogP contribution in [0.15, 0.2) is 94.1 Å². The van der Waals surface area contributed by atoms with Gasteiger partial charge in [-0.1, -0.05) is 67.6 Å². The lowest BCUT2D eigenvalue weighted by molar-refractivity contribution is -0.123. The highest BCUT2D eigenvalue weighted by Crippen LogP contribution is 2.24. The van der Waals surface area contributed by atoms with Crippen molar-refractivity contribution in [3.8, 4) is 5.75 Å². The number of benzene rings is 3. The van der Waals surface area contributed by atoms with Gasteiger partial charge in [-0.15, -0.1) is 0 Å². The van der Waals surface area contributed by atoms with Crippen molar-refractivity contribution >= 4 is 16.9 Å². The molecule has 0 saturated carbocycles. The van der Waals surface area contributed by atoms with Crippen molar-refractivity contribution in [2.24, 2.45) is 0 Å². The smallest absolute Gasteiger partial charge is 0.336 e. The summed E-state index contributed by atoms with van der Waals surface area (Å²) in [5, 5.41) is 3.91. The fourth-order valence-electron chi connectivity index (χ4n) is 3.59. The minimum atomic E-state index is -0.396. The Labute approximate surface area is 180 Å². The predicted molar refractivity (Wildman–Crippen MR) is 120 cm³/mol. The minimum Gasteiger partial charge on any atom is -0.484 e. The summed E-state index contributed by atoms with van der Waals surface area (Å²) in [5.41, 5.74) is 2.95. The molecule has 0 fully saturated rings. The summed E-state index contributed by atoms with van der Waals surface area (Å²) in [5.74, 6) is 0.219. The Bertz CT molecular complexity index is 1190. The van der Waals surface area contributed by atoms with E-state index >= 15 is 0 Å². The van der Waals surface area contributed by atoms with E-state index in [1.807, 2.05) is 73.7 Å². The van der Waals surface area contributed by atoms with Crippen LogP contribution < -0.4 is 15.7 Å². The second kappa shape index (κ2) is 9.30. The number of carbonyl (C=O) groups excluding carboxylic acids is 1. The zero-order chi connectivity index (χ0) is 21.6. The van der Waals surface area contributed by atoms with Gasteiger partial charge < -0.3 is 14.5 Å². The Morgan fingerprint density at radius 2 is 1.58 bits per heavy atom. The molecule has 1 heterocycles. The summed E-state index contributed by atoms with van der Waals surface area (Å²) in [4.78, 5) is 24.4. The SMILES string of the molecule is CCc1cc(=O)oc2cc(OCC(=O)NC(c3ccccc3)c3ccccc3)ccc12. The number of ether oxygens (including phenoxy) is 1. The topological polar surface area (TPSA) is 68.5 Å². The molecule has 5 nitrogen and oxygen atoms in total. The monoisotopic (exact) mass is 413 g/mol. The van der Waals surface area contributed by atoms with Gasteiger partial charge in [0.1, 0.15) is 11.3 Å². The Kier molecular flexibility index (Phi) is 6.13. The quantitative estimate of drug-likeness (QED) is 0.448. The first-order valence-electron chi connectivity index (χ1n) is 10.2. The van der Waals surface area contributed by atoms with Crippen LogP contribution >= 0.6 is 0 Å². The molecule has 156 valence electrons. The van der Waals surface area contributed by atoms with Gasteiger partial charge >= 0.3 is 5.63 Å². The summed E-state index contributed by atoms with van der Waals surface area (Å²) < 4.78 is 11.0. The lowest BCUT2D eigenvalue weighted by Crippen LogP contribution is -2.33. The number of carbonyl (C=O) groups is 1. The van der Waals surface area contributed by atoms with Crippen LogP contribution in [0.25, 0.3) is 11.0 Å². The van der Waals surface area contributed by atoms with Gasteiger partial charge in [-0.2, -0.15) is 0 Å². The zero-order valence-electron chi connectivity index (χ0n) is 17.2. The maximum absolute atomic E-state index is 12.7. The molecular formula is C26H23NO4. The second-order valence-electron chi connectivity index (χ2n) is 7.21. The highest BCUT2D eigenvalue weighted by atomic mass is 16.5. The van der Waals surface area contributed by atoms with Crippen LogP contribution in [0, 0.1) is 0 Å². The molecule has 4 rings (SSSR count). The molecule has 1 N–H and O–H groups in total. The molecule has 0 bridgehead atoms. The summed E-state index contributed by atoms with van der Waals surface area (Å²) in [6.45, 7) is 1.83. The van der Waals surface area contributed by atoms with E-state index in [2.05, 4.69) is 5.32 Å². The molecule has 0 atom stereocenters. The normalized spacial score (nSPS) is 10.9. The molecule has 0 spiro atoms. The Morgan fingerprint density at radius 1 is 0.935 bits per heavy atom. The number of nitrogens with one attached hydrogen (secondary N) is 1. The lowest BCUT2D eigenvalue weighted by atomic mass is 9.99. The van der Waals surface area contributed by atoms with Crippen LogP contribution in [-0.2, 0) is 11.2 Å². The van der Waals surface area contributed by atoms with Crippen molar-refractivity contribution in [2.45, 2.75) is 19.4 Å². The average molecular weight is 413 g/mol. The molecule has 0 radical (unpaired) electrons. The first kappa shape index (κ1) is 20.4. The molecular weight excluding hydrogens is 390 g/mol. The summed E-state index contributed by atoms with van der Waals surface area (Å²) in [6, 6.07) is 26.1. The second-order valence-corrected chi connectivity index (χ2v) is 7.21. The van der Waals surface area contributed by atoms with Crippen molar-refractivity contribution in [3.05, 3.63) is 112 Å². The Hall–Kier alpha value is -3.86. The first-order chi connectivity index (χ1) is 15.1. The Morgan fingerprint density at radius 3 is 2.19 bits per heavy atom. The van der Waals surface area contributed by atoms with E-state index in [4.69, 9.17) is 9.15 Å². The molecule has 0 aliphatic rings. The Balaban J connectivity index is 1.49. The zero-order valence-corrected chi connectivity index (χ0v) is 17.2. The van der Waals surface area contributed by atoms with Crippen LogP contribution in [0.1, 0.15) is 29.7 Å². The molecule has 4 aromatic rings. The minimum absolute atomic E-state index is 0.153. The van der Waals surface area contributed by atoms with Gasteiger partial charge in [-0.05, 0) is 35.2 Å². The molecule has 5 heteroatoms. The van der Waals surface area contributed by atoms with Crippen molar-refractivity contribution < 1.29 is 13.9 Å². The van der Waals surface area contributed by atoms with E-state index in [1.54, 1.807) is 12.1 Å². The maximum atomic E-state index is 12.7. The third-order valence-corrected chi connectivity index (χ3v) is 5.12. The van der Waals surface area contributed by atoms with Crippen molar-refractivity contribution in [3.63, 3.8) is 0 Å². The van der Waals surface area contributed by atoms with Gasteiger partial charge in [-0.25, -0.2) is 4.79 Å². The number of amides is 1. The van der Waals surface area contributed by atoms with E-state index in [0.29, 0.717) is 11.3 Å².